The van der Waals surface area contributed by atoms with E-state index in [1.807, 2.05) is 18.5 Å². The second-order valence-corrected chi connectivity index (χ2v) is 4.66. The zero-order valence-electron chi connectivity index (χ0n) is 10.4. The molecule has 0 unspecified atom stereocenters. The molecule has 0 aromatic carbocycles. The first kappa shape index (κ1) is 12.8. The number of aromatic nitrogens is 5. The van der Waals surface area contributed by atoms with Gasteiger partial charge in [-0.2, -0.15) is 0 Å². The summed E-state index contributed by atoms with van der Waals surface area (Å²) >= 11 is 1.39. The van der Waals surface area contributed by atoms with Gasteiger partial charge < -0.3 is 15.0 Å². The fraction of sp³-hybridized carbons (Fsp3) is 0.400. The van der Waals surface area contributed by atoms with Gasteiger partial charge in [-0.15, -0.1) is 10.2 Å². The van der Waals surface area contributed by atoms with Crippen molar-refractivity contribution in [2.75, 3.05) is 12.8 Å². The van der Waals surface area contributed by atoms with E-state index in [1.54, 1.807) is 13.2 Å². The molecule has 0 bridgehead atoms. The lowest BCUT2D eigenvalue weighted by Crippen LogP contribution is -2.02. The number of nitrogen functional groups attached to an aromatic ring is 1. The molecule has 2 heterocycles. The van der Waals surface area contributed by atoms with Crippen LogP contribution in [0.3, 0.4) is 0 Å². The molecule has 96 valence electrons. The lowest BCUT2D eigenvalue weighted by molar-refractivity contribution is 0.177. The van der Waals surface area contributed by atoms with Gasteiger partial charge >= 0.3 is 0 Å². The fourth-order valence-electron chi connectivity index (χ4n) is 1.31. The maximum absolute atomic E-state index is 5.72. The second-order valence-electron chi connectivity index (χ2n) is 3.67. The smallest absolute Gasteiger partial charge is 0.197 e. The van der Waals surface area contributed by atoms with Crippen LogP contribution in [0.15, 0.2) is 16.2 Å². The van der Waals surface area contributed by atoms with Crippen molar-refractivity contribution in [1.29, 1.82) is 0 Å². The highest BCUT2D eigenvalue weighted by molar-refractivity contribution is 7.99. The van der Waals surface area contributed by atoms with Gasteiger partial charge in [0, 0.05) is 20.2 Å². The summed E-state index contributed by atoms with van der Waals surface area (Å²) in [5.41, 5.74) is 5.72. The van der Waals surface area contributed by atoms with Crippen molar-refractivity contribution in [2.24, 2.45) is 7.05 Å². The molecule has 0 saturated carbocycles. The van der Waals surface area contributed by atoms with Crippen LogP contribution >= 0.6 is 11.8 Å². The number of aryl methyl sites for hydroxylation is 1. The number of rotatable bonds is 4. The molecule has 2 aromatic heterocycles. The van der Waals surface area contributed by atoms with E-state index < -0.39 is 0 Å². The number of hydrogen-bond acceptors (Lipinski definition) is 7. The Morgan fingerprint density at radius 3 is 2.78 bits per heavy atom. The minimum Gasteiger partial charge on any atom is -0.384 e. The Hall–Kier alpha value is -1.67. The highest BCUT2D eigenvalue weighted by Crippen LogP contribution is 2.25. The maximum Gasteiger partial charge on any atom is 0.197 e. The van der Waals surface area contributed by atoms with E-state index in [0.717, 1.165) is 16.0 Å². The average molecular weight is 266 g/mol. The number of nitrogens with two attached hydrogens (primary N) is 1. The molecule has 2 aromatic rings. The minimum absolute atomic E-state index is 0.330. The SMILES string of the molecule is COCc1nc(N)cc(Sc2nnc(C)n2C)n1. The lowest BCUT2D eigenvalue weighted by Gasteiger charge is -2.04. The molecule has 8 heteroatoms. The molecule has 7 nitrogen and oxygen atoms in total. The topological polar surface area (TPSA) is 91.7 Å². The quantitative estimate of drug-likeness (QED) is 0.818. The summed E-state index contributed by atoms with van der Waals surface area (Å²) in [7, 11) is 3.49. The molecule has 0 aliphatic heterocycles. The molecule has 0 aliphatic rings. The van der Waals surface area contributed by atoms with E-state index in [1.165, 1.54) is 11.8 Å². The van der Waals surface area contributed by atoms with Crippen molar-refractivity contribution in [1.82, 2.24) is 24.7 Å². The number of methoxy groups -OCH3 is 1. The van der Waals surface area contributed by atoms with Gasteiger partial charge in [0.1, 0.15) is 23.3 Å². The van der Waals surface area contributed by atoms with Crippen molar-refractivity contribution in [3.05, 3.63) is 17.7 Å². The van der Waals surface area contributed by atoms with Crippen LogP contribution in [0.2, 0.25) is 0 Å². The first-order valence-corrected chi connectivity index (χ1v) is 6.08. The average Bonchev–Trinajstić information content (AvgIpc) is 2.61. The Balaban J connectivity index is 2.26. The molecule has 0 spiro atoms. The van der Waals surface area contributed by atoms with E-state index in [4.69, 9.17) is 10.5 Å². The summed E-state index contributed by atoms with van der Waals surface area (Å²) in [6, 6.07) is 1.70. The summed E-state index contributed by atoms with van der Waals surface area (Å²) < 4.78 is 6.88. The molecule has 0 radical (unpaired) electrons. The van der Waals surface area contributed by atoms with Crippen molar-refractivity contribution >= 4 is 17.6 Å². The highest BCUT2D eigenvalue weighted by Gasteiger charge is 2.10. The zero-order valence-corrected chi connectivity index (χ0v) is 11.2. The molecule has 0 fully saturated rings. The van der Waals surface area contributed by atoms with Gasteiger partial charge in [-0.1, -0.05) is 0 Å². The number of nitrogens with zero attached hydrogens (tertiary/aromatic N) is 5. The normalized spacial score (nSPS) is 10.8. The summed E-state index contributed by atoms with van der Waals surface area (Å²) in [5, 5.41) is 9.53. The molecule has 0 saturated heterocycles. The van der Waals surface area contributed by atoms with Gasteiger partial charge in [0.2, 0.25) is 0 Å². The largest absolute Gasteiger partial charge is 0.384 e. The van der Waals surface area contributed by atoms with Crippen LogP contribution in [-0.4, -0.2) is 31.8 Å². The first-order valence-electron chi connectivity index (χ1n) is 5.26. The third-order valence-electron chi connectivity index (χ3n) is 2.29. The van der Waals surface area contributed by atoms with Gasteiger partial charge in [-0.3, -0.25) is 0 Å². The maximum atomic E-state index is 5.72. The van der Waals surface area contributed by atoms with Gasteiger partial charge in [0.05, 0.1) is 0 Å². The van der Waals surface area contributed by atoms with Crippen molar-refractivity contribution in [2.45, 2.75) is 23.7 Å². The lowest BCUT2D eigenvalue weighted by atomic mass is 10.5. The van der Waals surface area contributed by atoms with E-state index in [0.29, 0.717) is 18.2 Å². The summed E-state index contributed by atoms with van der Waals surface area (Å²) in [5.74, 6) is 1.81. The van der Waals surface area contributed by atoms with Crippen LogP contribution in [0.4, 0.5) is 5.82 Å². The molecule has 2 N–H and O–H groups in total. The Kier molecular flexibility index (Phi) is 3.78. The van der Waals surface area contributed by atoms with Gasteiger partial charge in [-0.05, 0) is 18.7 Å². The van der Waals surface area contributed by atoms with Crippen LogP contribution in [0, 0.1) is 6.92 Å². The monoisotopic (exact) mass is 266 g/mol. The predicted molar refractivity (Wildman–Crippen MR) is 67.0 cm³/mol. The van der Waals surface area contributed by atoms with Gasteiger partial charge in [-0.25, -0.2) is 9.97 Å². The van der Waals surface area contributed by atoms with E-state index >= 15 is 0 Å². The Morgan fingerprint density at radius 1 is 1.39 bits per heavy atom. The Morgan fingerprint density at radius 2 is 2.17 bits per heavy atom. The van der Waals surface area contributed by atoms with E-state index in [2.05, 4.69) is 20.2 Å². The van der Waals surface area contributed by atoms with Crippen LogP contribution in [0.5, 0.6) is 0 Å². The predicted octanol–water partition coefficient (Wildman–Crippen LogP) is 0.793. The summed E-state index contributed by atoms with van der Waals surface area (Å²) in [6.07, 6.45) is 0. The van der Waals surface area contributed by atoms with E-state index in [9.17, 15) is 0 Å². The first-order chi connectivity index (χ1) is 8.60. The molecular weight excluding hydrogens is 252 g/mol. The van der Waals surface area contributed by atoms with Crippen LogP contribution < -0.4 is 5.73 Å². The molecule has 0 atom stereocenters. The van der Waals surface area contributed by atoms with Crippen LogP contribution in [0.25, 0.3) is 0 Å². The molecule has 18 heavy (non-hydrogen) atoms. The number of hydrogen-bond donors (Lipinski definition) is 1. The van der Waals surface area contributed by atoms with Crippen LogP contribution in [0.1, 0.15) is 11.6 Å². The molecular formula is C10H14N6OS. The second kappa shape index (κ2) is 5.32. The Bertz CT molecular complexity index is 555. The number of anilines is 1. The standard InChI is InChI=1S/C10H14N6OS/c1-6-14-15-10(16(6)2)18-9-4-7(11)12-8(13-9)5-17-3/h4H,5H2,1-3H3,(H2,11,12,13). The zero-order chi connectivity index (χ0) is 13.1. The van der Waals surface area contributed by atoms with Crippen molar-refractivity contribution in [3.63, 3.8) is 0 Å². The third kappa shape index (κ3) is 2.77. The summed E-state index contributed by atoms with van der Waals surface area (Å²) in [4.78, 5) is 8.41. The molecule has 0 amide bonds. The van der Waals surface area contributed by atoms with Gasteiger partial charge in [0.15, 0.2) is 11.0 Å². The van der Waals surface area contributed by atoms with Crippen LogP contribution in [-0.2, 0) is 18.4 Å². The van der Waals surface area contributed by atoms with E-state index in [-0.39, 0.29) is 0 Å². The molecule has 0 aliphatic carbocycles. The molecule has 2 rings (SSSR count). The van der Waals surface area contributed by atoms with Gasteiger partial charge in [0.25, 0.3) is 0 Å². The van der Waals surface area contributed by atoms with Crippen molar-refractivity contribution in [3.8, 4) is 0 Å². The minimum atomic E-state index is 0.330. The third-order valence-corrected chi connectivity index (χ3v) is 3.25. The summed E-state index contributed by atoms with van der Waals surface area (Å²) in [6.45, 7) is 2.22. The highest BCUT2D eigenvalue weighted by atomic mass is 32.2. The fourth-order valence-corrected chi connectivity index (χ4v) is 2.18. The van der Waals surface area contributed by atoms with Crippen molar-refractivity contribution < 1.29 is 4.74 Å². The number of ether oxygens (including phenoxy) is 1. The Labute approximate surface area is 109 Å².